The number of nitrogens with one attached hydrogen (secondary N) is 2. The van der Waals surface area contributed by atoms with Crippen LogP contribution >= 0.6 is 0 Å². The standard InChI is InChI=1S/C9H13N3O2/c13-8-3-7(4-8)11-9(14)5-6-1-2-10-12-6/h1-2,7-8,13H,3-5H2,(H,10,12)(H,11,14). The number of aliphatic hydroxyl groups is 1. The van der Waals surface area contributed by atoms with Crippen LogP contribution in [0.3, 0.4) is 0 Å². The van der Waals surface area contributed by atoms with Crippen molar-refractivity contribution in [2.24, 2.45) is 0 Å². The van der Waals surface area contributed by atoms with Gasteiger partial charge in [-0.1, -0.05) is 0 Å². The lowest BCUT2D eigenvalue weighted by Gasteiger charge is -2.31. The molecule has 76 valence electrons. The van der Waals surface area contributed by atoms with Crippen LogP contribution < -0.4 is 5.32 Å². The zero-order chi connectivity index (χ0) is 9.97. The molecule has 0 radical (unpaired) electrons. The minimum atomic E-state index is -0.229. The third-order valence-corrected chi connectivity index (χ3v) is 2.39. The van der Waals surface area contributed by atoms with Crippen molar-refractivity contribution in [1.82, 2.24) is 15.5 Å². The normalized spacial score (nSPS) is 25.5. The number of hydrogen-bond acceptors (Lipinski definition) is 3. The molecule has 5 heteroatoms. The second-order valence-electron chi connectivity index (χ2n) is 3.65. The van der Waals surface area contributed by atoms with Gasteiger partial charge in [-0.3, -0.25) is 9.89 Å². The lowest BCUT2D eigenvalue weighted by Crippen LogP contribution is -2.47. The monoisotopic (exact) mass is 195 g/mol. The lowest BCUT2D eigenvalue weighted by atomic mass is 9.89. The molecule has 1 aromatic heterocycles. The molecule has 1 heterocycles. The van der Waals surface area contributed by atoms with Gasteiger partial charge in [0.1, 0.15) is 0 Å². The molecule has 0 aromatic carbocycles. The Hall–Kier alpha value is -1.36. The Balaban J connectivity index is 1.74. The molecule has 1 aliphatic carbocycles. The van der Waals surface area contributed by atoms with Crippen molar-refractivity contribution in [1.29, 1.82) is 0 Å². The third kappa shape index (κ3) is 2.11. The number of aliphatic hydroxyl groups excluding tert-OH is 1. The first-order chi connectivity index (χ1) is 6.74. The minimum absolute atomic E-state index is 0.0221. The molecule has 1 fully saturated rings. The van der Waals surface area contributed by atoms with E-state index in [4.69, 9.17) is 5.11 Å². The first kappa shape index (κ1) is 9.21. The number of amides is 1. The Morgan fingerprint density at radius 3 is 3.07 bits per heavy atom. The van der Waals surface area contributed by atoms with Gasteiger partial charge in [0, 0.05) is 17.9 Å². The summed E-state index contributed by atoms with van der Waals surface area (Å²) in [4.78, 5) is 11.4. The highest BCUT2D eigenvalue weighted by Crippen LogP contribution is 2.19. The summed E-state index contributed by atoms with van der Waals surface area (Å²) in [6.45, 7) is 0. The molecule has 0 atom stereocenters. The van der Waals surface area contributed by atoms with Gasteiger partial charge in [0.25, 0.3) is 0 Å². The van der Waals surface area contributed by atoms with Gasteiger partial charge in [-0.15, -0.1) is 0 Å². The van der Waals surface area contributed by atoms with E-state index >= 15 is 0 Å². The topological polar surface area (TPSA) is 78.0 Å². The number of aromatic amines is 1. The van der Waals surface area contributed by atoms with Gasteiger partial charge in [-0.05, 0) is 18.9 Å². The molecular weight excluding hydrogens is 182 g/mol. The van der Waals surface area contributed by atoms with E-state index in [2.05, 4.69) is 15.5 Å². The van der Waals surface area contributed by atoms with Gasteiger partial charge in [0.05, 0.1) is 12.5 Å². The molecule has 0 saturated heterocycles. The van der Waals surface area contributed by atoms with E-state index in [1.54, 1.807) is 12.3 Å². The molecule has 0 bridgehead atoms. The first-order valence-electron chi connectivity index (χ1n) is 4.69. The molecule has 14 heavy (non-hydrogen) atoms. The Labute approximate surface area is 81.5 Å². The Morgan fingerprint density at radius 1 is 1.71 bits per heavy atom. The molecule has 0 unspecified atom stereocenters. The Morgan fingerprint density at radius 2 is 2.50 bits per heavy atom. The van der Waals surface area contributed by atoms with Crippen LogP contribution in [-0.4, -0.2) is 33.4 Å². The maximum absolute atomic E-state index is 11.4. The van der Waals surface area contributed by atoms with Gasteiger partial charge in [-0.2, -0.15) is 5.10 Å². The average molecular weight is 195 g/mol. The van der Waals surface area contributed by atoms with Crippen LogP contribution in [0.2, 0.25) is 0 Å². The molecule has 3 N–H and O–H groups in total. The summed E-state index contributed by atoms with van der Waals surface area (Å²) < 4.78 is 0. The highest BCUT2D eigenvalue weighted by molar-refractivity contribution is 5.78. The van der Waals surface area contributed by atoms with Gasteiger partial charge < -0.3 is 10.4 Å². The van der Waals surface area contributed by atoms with E-state index < -0.39 is 0 Å². The summed E-state index contributed by atoms with van der Waals surface area (Å²) in [7, 11) is 0. The Bertz CT molecular complexity index is 304. The van der Waals surface area contributed by atoms with Crippen molar-refractivity contribution in [3.05, 3.63) is 18.0 Å². The van der Waals surface area contributed by atoms with E-state index in [1.807, 2.05) is 0 Å². The predicted octanol–water partition coefficient (Wildman–Crippen LogP) is -0.408. The summed E-state index contributed by atoms with van der Waals surface area (Å²) in [6, 6.07) is 1.93. The van der Waals surface area contributed by atoms with Crippen LogP contribution in [0.25, 0.3) is 0 Å². The van der Waals surface area contributed by atoms with E-state index in [-0.39, 0.29) is 18.1 Å². The number of carbonyl (C=O) groups excluding carboxylic acids is 1. The van der Waals surface area contributed by atoms with Crippen molar-refractivity contribution in [2.45, 2.75) is 31.4 Å². The van der Waals surface area contributed by atoms with Gasteiger partial charge in [-0.25, -0.2) is 0 Å². The summed E-state index contributed by atoms with van der Waals surface area (Å²) in [6.07, 6.45) is 3.07. The molecule has 1 saturated carbocycles. The van der Waals surface area contributed by atoms with Crippen LogP contribution in [0.1, 0.15) is 18.5 Å². The minimum Gasteiger partial charge on any atom is -0.393 e. The zero-order valence-electron chi connectivity index (χ0n) is 7.73. The molecule has 1 amide bonds. The van der Waals surface area contributed by atoms with Crippen molar-refractivity contribution in [3.8, 4) is 0 Å². The lowest BCUT2D eigenvalue weighted by molar-refractivity contribution is -0.122. The third-order valence-electron chi connectivity index (χ3n) is 2.39. The largest absolute Gasteiger partial charge is 0.393 e. The van der Waals surface area contributed by atoms with Gasteiger partial charge in [0.2, 0.25) is 5.91 Å². The summed E-state index contributed by atoms with van der Waals surface area (Å²) in [5.74, 6) is -0.0221. The molecule has 0 spiro atoms. The SMILES string of the molecule is O=C(Cc1ccn[nH]1)NC1CC(O)C1. The second kappa shape index (κ2) is 3.79. The van der Waals surface area contributed by atoms with Crippen LogP contribution in [0.15, 0.2) is 12.3 Å². The molecule has 5 nitrogen and oxygen atoms in total. The fourth-order valence-electron chi connectivity index (χ4n) is 1.54. The van der Waals surface area contributed by atoms with Crippen LogP contribution in [0.4, 0.5) is 0 Å². The molecule has 1 aromatic rings. The summed E-state index contributed by atoms with van der Waals surface area (Å²) >= 11 is 0. The number of aromatic nitrogens is 2. The summed E-state index contributed by atoms with van der Waals surface area (Å²) in [5, 5.41) is 18.3. The van der Waals surface area contributed by atoms with E-state index in [9.17, 15) is 4.79 Å². The fourth-order valence-corrected chi connectivity index (χ4v) is 1.54. The maximum atomic E-state index is 11.4. The van der Waals surface area contributed by atoms with Gasteiger partial charge >= 0.3 is 0 Å². The highest BCUT2D eigenvalue weighted by atomic mass is 16.3. The van der Waals surface area contributed by atoms with Gasteiger partial charge in [0.15, 0.2) is 0 Å². The molecule has 2 rings (SSSR count). The van der Waals surface area contributed by atoms with Crippen molar-refractivity contribution in [2.75, 3.05) is 0 Å². The molecule has 1 aliphatic rings. The maximum Gasteiger partial charge on any atom is 0.226 e. The summed E-state index contributed by atoms with van der Waals surface area (Å²) in [5.41, 5.74) is 0.808. The Kier molecular flexibility index (Phi) is 2.49. The van der Waals surface area contributed by atoms with E-state index in [0.717, 1.165) is 5.69 Å². The number of rotatable bonds is 3. The second-order valence-corrected chi connectivity index (χ2v) is 3.65. The van der Waals surface area contributed by atoms with Crippen molar-refractivity contribution >= 4 is 5.91 Å². The first-order valence-corrected chi connectivity index (χ1v) is 4.69. The predicted molar refractivity (Wildman–Crippen MR) is 49.5 cm³/mol. The number of hydrogen-bond donors (Lipinski definition) is 3. The van der Waals surface area contributed by atoms with Crippen LogP contribution in [0.5, 0.6) is 0 Å². The number of carbonyl (C=O) groups is 1. The van der Waals surface area contributed by atoms with Crippen LogP contribution in [-0.2, 0) is 11.2 Å². The van der Waals surface area contributed by atoms with Crippen molar-refractivity contribution in [3.63, 3.8) is 0 Å². The molecule has 0 aliphatic heterocycles. The van der Waals surface area contributed by atoms with E-state index in [0.29, 0.717) is 19.3 Å². The molecular formula is C9H13N3O2. The smallest absolute Gasteiger partial charge is 0.226 e. The average Bonchev–Trinajstić information content (AvgIpc) is 2.54. The number of H-pyrrole nitrogens is 1. The fraction of sp³-hybridized carbons (Fsp3) is 0.556. The van der Waals surface area contributed by atoms with E-state index in [1.165, 1.54) is 0 Å². The highest BCUT2D eigenvalue weighted by Gasteiger charge is 2.28. The van der Waals surface area contributed by atoms with Crippen LogP contribution in [0, 0.1) is 0 Å². The van der Waals surface area contributed by atoms with Crippen molar-refractivity contribution < 1.29 is 9.90 Å². The quantitative estimate of drug-likeness (QED) is 0.613. The zero-order valence-corrected chi connectivity index (χ0v) is 7.73. The number of nitrogens with zero attached hydrogens (tertiary/aromatic N) is 1.